The van der Waals surface area contributed by atoms with Crippen LogP contribution in [0.2, 0.25) is 0 Å². The monoisotopic (exact) mass is 390 g/mol. The summed E-state index contributed by atoms with van der Waals surface area (Å²) >= 11 is 0. The minimum atomic E-state index is -0.146. The minimum Gasteiger partial charge on any atom is -0.490 e. The van der Waals surface area contributed by atoms with Crippen LogP contribution < -0.4 is 10.2 Å². The quantitative estimate of drug-likeness (QED) is 0.766. The summed E-state index contributed by atoms with van der Waals surface area (Å²) in [6.07, 6.45) is 7.56. The maximum absolute atomic E-state index is 12.4. The predicted molar refractivity (Wildman–Crippen MR) is 103 cm³/mol. The Bertz CT molecular complexity index is 747. The van der Waals surface area contributed by atoms with Crippen molar-refractivity contribution in [1.29, 1.82) is 0 Å². The van der Waals surface area contributed by atoms with Gasteiger partial charge in [-0.3, -0.25) is 14.5 Å². The Morgan fingerprint density at radius 2 is 2.07 bits per heavy atom. The number of nitrogens with zero attached hydrogens (tertiary/aromatic N) is 2. The second-order valence-corrected chi connectivity index (χ2v) is 8.46. The molecular weight excluding hydrogens is 360 g/mol. The average Bonchev–Trinajstić information content (AvgIpc) is 3.20. The Morgan fingerprint density at radius 3 is 2.75 bits per heavy atom. The molecule has 1 atom stereocenters. The molecule has 0 bridgehead atoms. The summed E-state index contributed by atoms with van der Waals surface area (Å²) in [6, 6.07) is 1.52. The van der Waals surface area contributed by atoms with Crippen LogP contribution in [0.25, 0.3) is 0 Å². The van der Waals surface area contributed by atoms with Gasteiger partial charge in [-0.25, -0.2) is 0 Å². The van der Waals surface area contributed by atoms with Gasteiger partial charge in [0, 0.05) is 32.2 Å². The van der Waals surface area contributed by atoms with Gasteiger partial charge < -0.3 is 18.8 Å². The molecule has 4 rings (SSSR count). The van der Waals surface area contributed by atoms with Gasteiger partial charge in [-0.05, 0) is 50.6 Å². The molecule has 3 fully saturated rings. The highest BCUT2D eigenvalue weighted by Gasteiger charge is 2.41. The molecule has 0 saturated carbocycles. The zero-order valence-electron chi connectivity index (χ0n) is 16.7. The second-order valence-electron chi connectivity index (χ2n) is 8.46. The van der Waals surface area contributed by atoms with E-state index in [0.29, 0.717) is 18.7 Å². The molecule has 1 spiro atoms. The topological polar surface area (TPSA) is 72.2 Å². The Hall–Kier alpha value is -1.86. The first kappa shape index (κ1) is 19.5. The number of hydrogen-bond acceptors (Lipinski definition) is 6. The van der Waals surface area contributed by atoms with Gasteiger partial charge in [-0.15, -0.1) is 0 Å². The lowest BCUT2D eigenvalue weighted by Gasteiger charge is -2.47. The van der Waals surface area contributed by atoms with Crippen molar-refractivity contribution in [3.63, 3.8) is 0 Å². The third-order valence-electron chi connectivity index (χ3n) is 6.56. The van der Waals surface area contributed by atoms with E-state index in [2.05, 4.69) is 9.80 Å². The Labute approximate surface area is 165 Å². The van der Waals surface area contributed by atoms with Gasteiger partial charge in [0.05, 0.1) is 19.8 Å². The van der Waals surface area contributed by atoms with Gasteiger partial charge in [0.15, 0.2) is 0 Å². The van der Waals surface area contributed by atoms with Gasteiger partial charge in [-0.1, -0.05) is 0 Å². The number of piperidine rings is 2. The smallest absolute Gasteiger partial charge is 0.227 e. The van der Waals surface area contributed by atoms with Gasteiger partial charge in [-0.2, -0.15) is 0 Å². The van der Waals surface area contributed by atoms with Crippen molar-refractivity contribution in [3.05, 3.63) is 28.3 Å². The predicted octanol–water partition coefficient (Wildman–Crippen LogP) is 2.03. The number of ether oxygens (including phenoxy) is 2. The van der Waals surface area contributed by atoms with E-state index >= 15 is 0 Å². The SMILES string of the molecule is COc1coc(CN2CCC3(CCC(=O)N(CC4CCCO4)C3)CC2)cc1=O. The van der Waals surface area contributed by atoms with Crippen LogP contribution in [0.1, 0.15) is 44.3 Å². The lowest BCUT2D eigenvalue weighted by Crippen LogP contribution is -2.52. The molecule has 1 aromatic rings. The van der Waals surface area contributed by atoms with E-state index < -0.39 is 0 Å². The van der Waals surface area contributed by atoms with E-state index in [1.807, 2.05) is 0 Å². The third-order valence-corrected chi connectivity index (χ3v) is 6.56. The molecule has 0 N–H and O–H groups in total. The summed E-state index contributed by atoms with van der Waals surface area (Å²) in [6.45, 7) is 4.98. The molecule has 0 aromatic carbocycles. The fraction of sp³-hybridized carbons (Fsp3) is 0.714. The van der Waals surface area contributed by atoms with Crippen LogP contribution in [-0.4, -0.2) is 61.7 Å². The molecule has 28 heavy (non-hydrogen) atoms. The average molecular weight is 390 g/mol. The number of amides is 1. The van der Waals surface area contributed by atoms with E-state index in [0.717, 1.165) is 64.9 Å². The van der Waals surface area contributed by atoms with Crippen LogP contribution in [0.15, 0.2) is 21.5 Å². The molecule has 7 heteroatoms. The lowest BCUT2D eigenvalue weighted by atomic mass is 9.72. The maximum Gasteiger partial charge on any atom is 0.227 e. The minimum absolute atomic E-state index is 0.146. The normalized spacial score (nSPS) is 25.4. The number of methoxy groups -OCH3 is 1. The zero-order chi connectivity index (χ0) is 19.6. The van der Waals surface area contributed by atoms with Crippen LogP contribution in [0.4, 0.5) is 0 Å². The van der Waals surface area contributed by atoms with E-state index in [-0.39, 0.29) is 28.6 Å². The van der Waals surface area contributed by atoms with Gasteiger partial charge >= 0.3 is 0 Å². The molecule has 154 valence electrons. The molecule has 1 amide bonds. The molecule has 4 heterocycles. The number of hydrogen-bond donors (Lipinski definition) is 0. The summed E-state index contributed by atoms with van der Waals surface area (Å²) in [7, 11) is 1.47. The van der Waals surface area contributed by atoms with Crippen molar-refractivity contribution in [1.82, 2.24) is 9.80 Å². The maximum atomic E-state index is 12.4. The summed E-state index contributed by atoms with van der Waals surface area (Å²) in [5.74, 6) is 1.18. The summed E-state index contributed by atoms with van der Waals surface area (Å²) in [5.41, 5.74) is 0.0804. The molecule has 0 aliphatic carbocycles. The number of likely N-dealkylation sites (tertiary alicyclic amines) is 2. The molecule has 3 aliphatic heterocycles. The first-order chi connectivity index (χ1) is 13.6. The van der Waals surface area contributed by atoms with E-state index in [1.165, 1.54) is 19.4 Å². The number of carbonyl (C=O) groups is 1. The fourth-order valence-electron chi connectivity index (χ4n) is 4.79. The molecule has 7 nitrogen and oxygen atoms in total. The number of rotatable bonds is 5. The van der Waals surface area contributed by atoms with Crippen molar-refractivity contribution in [2.75, 3.05) is 39.9 Å². The third kappa shape index (κ3) is 4.25. The molecule has 0 radical (unpaired) electrons. The van der Waals surface area contributed by atoms with E-state index in [1.54, 1.807) is 0 Å². The van der Waals surface area contributed by atoms with Crippen LogP contribution in [-0.2, 0) is 16.1 Å². The fourth-order valence-corrected chi connectivity index (χ4v) is 4.79. The summed E-state index contributed by atoms with van der Waals surface area (Å²) in [4.78, 5) is 28.7. The summed E-state index contributed by atoms with van der Waals surface area (Å²) < 4.78 is 16.3. The largest absolute Gasteiger partial charge is 0.490 e. The van der Waals surface area contributed by atoms with Crippen LogP contribution >= 0.6 is 0 Å². The summed E-state index contributed by atoms with van der Waals surface area (Å²) in [5, 5.41) is 0. The standard InChI is InChI=1S/C21H30N2O5/c1-26-19-14-28-17(11-18(19)24)12-22-8-6-21(7-9-22)5-4-20(25)23(15-21)13-16-3-2-10-27-16/h11,14,16H,2-10,12-13,15H2,1H3. The van der Waals surface area contributed by atoms with Gasteiger partial charge in [0.1, 0.15) is 12.0 Å². The molecule has 1 aromatic heterocycles. The molecule has 3 saturated heterocycles. The highest BCUT2D eigenvalue weighted by Crippen LogP contribution is 2.40. The van der Waals surface area contributed by atoms with E-state index in [4.69, 9.17) is 13.9 Å². The van der Waals surface area contributed by atoms with Crippen molar-refractivity contribution >= 4 is 5.91 Å². The van der Waals surface area contributed by atoms with Crippen molar-refractivity contribution in [2.24, 2.45) is 5.41 Å². The Morgan fingerprint density at radius 1 is 1.25 bits per heavy atom. The molecule has 1 unspecified atom stereocenters. The first-order valence-corrected chi connectivity index (χ1v) is 10.3. The van der Waals surface area contributed by atoms with Crippen LogP contribution in [0.3, 0.4) is 0 Å². The Balaban J connectivity index is 1.33. The van der Waals surface area contributed by atoms with Crippen LogP contribution in [0, 0.1) is 5.41 Å². The lowest BCUT2D eigenvalue weighted by molar-refractivity contribution is -0.141. The van der Waals surface area contributed by atoms with E-state index in [9.17, 15) is 9.59 Å². The Kier molecular flexibility index (Phi) is 5.73. The molecule has 3 aliphatic rings. The van der Waals surface area contributed by atoms with Crippen molar-refractivity contribution in [2.45, 2.75) is 51.2 Å². The molecular formula is C21H30N2O5. The van der Waals surface area contributed by atoms with Gasteiger partial charge in [0.2, 0.25) is 17.1 Å². The van der Waals surface area contributed by atoms with Gasteiger partial charge in [0.25, 0.3) is 0 Å². The zero-order valence-corrected chi connectivity index (χ0v) is 16.7. The second kappa shape index (κ2) is 8.25. The van der Waals surface area contributed by atoms with Crippen molar-refractivity contribution < 1.29 is 18.7 Å². The highest BCUT2D eigenvalue weighted by molar-refractivity contribution is 5.77. The van der Waals surface area contributed by atoms with Crippen LogP contribution in [0.5, 0.6) is 5.75 Å². The first-order valence-electron chi connectivity index (χ1n) is 10.3. The highest BCUT2D eigenvalue weighted by atomic mass is 16.5. The van der Waals surface area contributed by atoms with Crippen molar-refractivity contribution in [3.8, 4) is 5.75 Å². The number of carbonyl (C=O) groups excluding carboxylic acids is 1.